The van der Waals surface area contributed by atoms with Crippen molar-refractivity contribution in [2.24, 2.45) is 0 Å². The smallest absolute Gasteiger partial charge is 0.148 e. The summed E-state index contributed by atoms with van der Waals surface area (Å²) in [6.07, 6.45) is 6.88. The van der Waals surface area contributed by atoms with Gasteiger partial charge in [0.1, 0.15) is 12.4 Å². The highest BCUT2D eigenvalue weighted by Gasteiger charge is 2.06. The minimum atomic E-state index is 0.272. The molecular formula is C11H7BrNO. The first-order valence-corrected chi connectivity index (χ1v) is 4.86. The molecule has 0 saturated heterocycles. The normalized spacial score (nSPS) is 10.0. The molecule has 1 aromatic heterocycles. The van der Waals surface area contributed by atoms with Gasteiger partial charge in [0.05, 0.1) is 4.47 Å². The summed E-state index contributed by atoms with van der Waals surface area (Å²) in [6, 6.07) is 6.87. The van der Waals surface area contributed by atoms with E-state index in [1.807, 2.05) is 12.1 Å². The van der Waals surface area contributed by atoms with Gasteiger partial charge in [-0.1, -0.05) is 5.92 Å². The number of fused-ring (bicyclic) bond motifs is 1. The number of H-pyrrole nitrogens is 1. The number of ether oxygens (including phenoxy) is 1. The number of hydrogen-bond acceptors (Lipinski definition) is 1. The Hall–Kier alpha value is -1.40. The zero-order valence-corrected chi connectivity index (χ0v) is 8.89. The second-order valence-corrected chi connectivity index (χ2v) is 3.52. The number of benzene rings is 1. The van der Waals surface area contributed by atoms with Gasteiger partial charge in [0.25, 0.3) is 0 Å². The van der Waals surface area contributed by atoms with E-state index in [0.717, 1.165) is 21.1 Å². The van der Waals surface area contributed by atoms with Crippen molar-refractivity contribution in [1.82, 2.24) is 4.98 Å². The van der Waals surface area contributed by atoms with E-state index in [1.165, 1.54) is 0 Å². The average Bonchev–Trinajstić information content (AvgIpc) is 2.66. The largest absolute Gasteiger partial charge is 0.480 e. The Morgan fingerprint density at radius 2 is 2.43 bits per heavy atom. The number of hydrogen-bond donors (Lipinski definition) is 1. The van der Waals surface area contributed by atoms with E-state index >= 15 is 0 Å². The number of terminal acetylenes is 1. The molecular weight excluding hydrogens is 242 g/mol. The lowest BCUT2D eigenvalue weighted by molar-refractivity contribution is 0.368. The van der Waals surface area contributed by atoms with Gasteiger partial charge in [-0.15, -0.1) is 6.42 Å². The van der Waals surface area contributed by atoms with Gasteiger partial charge < -0.3 is 9.72 Å². The molecule has 1 aromatic carbocycles. The Morgan fingerprint density at radius 3 is 3.21 bits per heavy atom. The summed E-state index contributed by atoms with van der Waals surface area (Å²) in [6.45, 7) is 0.272. The number of aromatic nitrogens is 1. The quantitative estimate of drug-likeness (QED) is 0.813. The van der Waals surface area contributed by atoms with Crippen LogP contribution in [-0.4, -0.2) is 11.6 Å². The highest BCUT2D eigenvalue weighted by molar-refractivity contribution is 9.10. The van der Waals surface area contributed by atoms with Crippen LogP contribution in [-0.2, 0) is 0 Å². The van der Waals surface area contributed by atoms with Gasteiger partial charge in [-0.25, -0.2) is 0 Å². The zero-order chi connectivity index (χ0) is 9.97. The molecule has 0 aliphatic rings. The summed E-state index contributed by atoms with van der Waals surface area (Å²) in [5.74, 6) is 3.17. The molecule has 0 amide bonds. The summed E-state index contributed by atoms with van der Waals surface area (Å²) in [7, 11) is 0. The monoisotopic (exact) mass is 248 g/mol. The molecule has 0 aliphatic carbocycles. The lowest BCUT2D eigenvalue weighted by Crippen LogP contribution is -1.94. The summed E-state index contributed by atoms with van der Waals surface area (Å²) < 4.78 is 6.23. The van der Waals surface area contributed by atoms with Crippen LogP contribution in [0.2, 0.25) is 0 Å². The Balaban J connectivity index is 2.46. The lowest BCUT2D eigenvalue weighted by Gasteiger charge is -2.05. The van der Waals surface area contributed by atoms with Crippen molar-refractivity contribution in [3.63, 3.8) is 0 Å². The van der Waals surface area contributed by atoms with E-state index in [2.05, 4.69) is 32.9 Å². The number of nitrogens with one attached hydrogen (secondary N) is 1. The van der Waals surface area contributed by atoms with Gasteiger partial charge in [0.2, 0.25) is 0 Å². The Bertz CT molecular complexity index is 495. The van der Waals surface area contributed by atoms with Crippen molar-refractivity contribution < 1.29 is 4.74 Å². The summed E-state index contributed by atoms with van der Waals surface area (Å²) in [4.78, 5) is 3.06. The molecule has 0 spiro atoms. The fourth-order valence-electron chi connectivity index (χ4n) is 1.24. The molecule has 1 heterocycles. The summed E-state index contributed by atoms with van der Waals surface area (Å²) in [5, 5.41) is 0.972. The molecule has 69 valence electrons. The predicted molar refractivity (Wildman–Crippen MR) is 59.2 cm³/mol. The van der Waals surface area contributed by atoms with Crippen LogP contribution < -0.4 is 4.74 Å². The van der Waals surface area contributed by atoms with Crippen molar-refractivity contribution in [2.45, 2.75) is 0 Å². The van der Waals surface area contributed by atoms with Gasteiger partial charge in [0, 0.05) is 23.2 Å². The average molecular weight is 249 g/mol. The van der Waals surface area contributed by atoms with E-state index < -0.39 is 0 Å². The van der Waals surface area contributed by atoms with Crippen LogP contribution in [0.5, 0.6) is 5.75 Å². The molecule has 2 nitrogen and oxygen atoms in total. The number of rotatable bonds is 2. The van der Waals surface area contributed by atoms with Crippen molar-refractivity contribution in [3.8, 4) is 18.1 Å². The van der Waals surface area contributed by atoms with Crippen LogP contribution in [0.4, 0.5) is 0 Å². The van der Waals surface area contributed by atoms with Crippen molar-refractivity contribution in [1.29, 1.82) is 0 Å². The SMILES string of the molecule is C#CCOc1ccc2[nH]c[c]c2c1Br. The number of aromatic amines is 1. The second kappa shape index (κ2) is 3.77. The van der Waals surface area contributed by atoms with Crippen LogP contribution in [0.15, 0.2) is 22.8 Å². The van der Waals surface area contributed by atoms with Crippen LogP contribution >= 0.6 is 15.9 Å². The van der Waals surface area contributed by atoms with Crippen LogP contribution in [0.25, 0.3) is 10.9 Å². The van der Waals surface area contributed by atoms with Gasteiger partial charge in [-0.3, -0.25) is 0 Å². The van der Waals surface area contributed by atoms with E-state index in [9.17, 15) is 0 Å². The second-order valence-electron chi connectivity index (χ2n) is 2.73. The van der Waals surface area contributed by atoms with Crippen molar-refractivity contribution >= 4 is 26.8 Å². The third-order valence-electron chi connectivity index (χ3n) is 1.86. The predicted octanol–water partition coefficient (Wildman–Crippen LogP) is 2.74. The molecule has 0 bridgehead atoms. The van der Waals surface area contributed by atoms with E-state index in [-0.39, 0.29) is 6.61 Å². The highest BCUT2D eigenvalue weighted by Crippen LogP contribution is 2.32. The molecule has 1 radical (unpaired) electrons. The van der Waals surface area contributed by atoms with E-state index in [1.54, 1.807) is 6.20 Å². The fourth-order valence-corrected chi connectivity index (χ4v) is 1.81. The molecule has 2 rings (SSSR count). The lowest BCUT2D eigenvalue weighted by atomic mass is 10.2. The van der Waals surface area contributed by atoms with E-state index in [0.29, 0.717) is 0 Å². The summed E-state index contributed by atoms with van der Waals surface area (Å²) in [5.41, 5.74) is 1.02. The molecule has 14 heavy (non-hydrogen) atoms. The highest BCUT2D eigenvalue weighted by atomic mass is 79.9. The molecule has 3 heteroatoms. The molecule has 0 aliphatic heterocycles. The maximum absolute atomic E-state index is 5.35. The topological polar surface area (TPSA) is 25.0 Å². The molecule has 1 N–H and O–H groups in total. The van der Waals surface area contributed by atoms with Gasteiger partial charge in [-0.05, 0) is 28.1 Å². The van der Waals surface area contributed by atoms with Gasteiger partial charge in [-0.2, -0.15) is 0 Å². The van der Waals surface area contributed by atoms with Crippen LogP contribution in [0.1, 0.15) is 0 Å². The fraction of sp³-hybridized carbons (Fsp3) is 0.0909. The molecule has 0 saturated carbocycles. The van der Waals surface area contributed by atoms with Crippen molar-refractivity contribution in [3.05, 3.63) is 28.9 Å². The third-order valence-corrected chi connectivity index (χ3v) is 2.65. The molecule has 0 unspecified atom stereocenters. The number of halogens is 1. The minimum absolute atomic E-state index is 0.272. The zero-order valence-electron chi connectivity index (χ0n) is 7.30. The maximum Gasteiger partial charge on any atom is 0.148 e. The molecule has 2 aromatic rings. The van der Waals surface area contributed by atoms with Gasteiger partial charge in [0.15, 0.2) is 0 Å². The molecule has 0 atom stereocenters. The maximum atomic E-state index is 5.35. The van der Waals surface area contributed by atoms with Gasteiger partial charge >= 0.3 is 0 Å². The van der Waals surface area contributed by atoms with E-state index in [4.69, 9.17) is 11.2 Å². The minimum Gasteiger partial charge on any atom is -0.480 e. The van der Waals surface area contributed by atoms with Crippen LogP contribution in [0.3, 0.4) is 0 Å². The first kappa shape index (κ1) is 9.17. The first-order chi connectivity index (χ1) is 6.83. The first-order valence-electron chi connectivity index (χ1n) is 4.06. The Labute approximate surface area is 90.4 Å². The molecule has 0 fully saturated rings. The Morgan fingerprint density at radius 1 is 1.57 bits per heavy atom. The summed E-state index contributed by atoms with van der Waals surface area (Å²) >= 11 is 3.45. The van der Waals surface area contributed by atoms with Crippen molar-refractivity contribution in [2.75, 3.05) is 6.61 Å². The standard InChI is InChI=1S/C11H7BrNO/c1-2-7-14-10-4-3-9-8(11(10)12)5-6-13-9/h1,3-4,6,13H,7H2. The Kier molecular flexibility index (Phi) is 2.47. The third kappa shape index (κ3) is 1.49. The van der Waals surface area contributed by atoms with Crippen LogP contribution in [0, 0.1) is 18.4 Å².